The minimum absolute atomic E-state index is 0.0564. The van der Waals surface area contributed by atoms with Crippen molar-refractivity contribution in [3.8, 4) is 11.3 Å². The van der Waals surface area contributed by atoms with Crippen molar-refractivity contribution in [1.29, 1.82) is 0 Å². The lowest BCUT2D eigenvalue weighted by molar-refractivity contribution is 0.811. The van der Waals surface area contributed by atoms with E-state index in [1.165, 1.54) is 4.57 Å². The quantitative estimate of drug-likeness (QED) is 0.791. The van der Waals surface area contributed by atoms with Crippen molar-refractivity contribution in [1.82, 2.24) is 14.5 Å². The molecule has 0 saturated carbocycles. The Morgan fingerprint density at radius 2 is 2.00 bits per heavy atom. The van der Waals surface area contributed by atoms with Crippen molar-refractivity contribution in [2.45, 2.75) is 19.8 Å². The zero-order valence-corrected chi connectivity index (χ0v) is 10.2. The van der Waals surface area contributed by atoms with Crippen LogP contribution in [0.15, 0.2) is 35.5 Å². The molecule has 0 radical (unpaired) electrons. The van der Waals surface area contributed by atoms with Crippen molar-refractivity contribution in [3.63, 3.8) is 0 Å². The molecule has 2 aromatic heterocycles. The monoisotopic (exact) mass is 229 g/mol. The lowest BCUT2D eigenvalue weighted by atomic mass is 10.1. The Balaban J connectivity index is 2.47. The lowest BCUT2D eigenvalue weighted by Gasteiger charge is -2.05. The lowest BCUT2D eigenvalue weighted by Crippen LogP contribution is -2.17. The van der Waals surface area contributed by atoms with E-state index >= 15 is 0 Å². The standard InChI is InChI=1S/C13H15N3O/c1-9(2)11-7-15-12(8-14-11)10-5-4-6-16(3)13(10)17/h4-9H,1-3H3. The Labute approximate surface area is 100.0 Å². The summed E-state index contributed by atoms with van der Waals surface area (Å²) in [5.74, 6) is 0.343. The van der Waals surface area contributed by atoms with Gasteiger partial charge in [0, 0.05) is 19.4 Å². The van der Waals surface area contributed by atoms with E-state index in [9.17, 15) is 4.79 Å². The molecule has 0 unspecified atom stereocenters. The first kappa shape index (κ1) is 11.5. The van der Waals surface area contributed by atoms with Crippen molar-refractivity contribution in [2.24, 2.45) is 7.05 Å². The number of aryl methyl sites for hydroxylation is 1. The van der Waals surface area contributed by atoms with Gasteiger partial charge in [0.25, 0.3) is 5.56 Å². The number of hydrogen-bond donors (Lipinski definition) is 0. The molecule has 0 fully saturated rings. The highest BCUT2D eigenvalue weighted by atomic mass is 16.1. The summed E-state index contributed by atoms with van der Waals surface area (Å²) < 4.78 is 1.54. The maximum Gasteiger partial charge on any atom is 0.259 e. The Bertz CT molecular complexity index is 570. The Kier molecular flexibility index (Phi) is 3.04. The van der Waals surface area contributed by atoms with Gasteiger partial charge in [0.05, 0.1) is 23.1 Å². The third-order valence-corrected chi connectivity index (χ3v) is 2.66. The molecule has 17 heavy (non-hydrogen) atoms. The van der Waals surface area contributed by atoms with Crippen LogP contribution in [0, 0.1) is 0 Å². The van der Waals surface area contributed by atoms with Crippen molar-refractivity contribution < 1.29 is 0 Å². The minimum Gasteiger partial charge on any atom is -0.318 e. The maximum atomic E-state index is 11.9. The third kappa shape index (κ3) is 2.25. The fraction of sp³-hybridized carbons (Fsp3) is 0.308. The topological polar surface area (TPSA) is 47.8 Å². The Morgan fingerprint density at radius 1 is 1.24 bits per heavy atom. The summed E-state index contributed by atoms with van der Waals surface area (Å²) in [5.41, 5.74) is 2.08. The zero-order valence-electron chi connectivity index (χ0n) is 10.2. The summed E-state index contributed by atoms with van der Waals surface area (Å²) in [7, 11) is 1.72. The molecule has 4 heteroatoms. The van der Waals surface area contributed by atoms with E-state index < -0.39 is 0 Å². The maximum absolute atomic E-state index is 11.9. The molecule has 2 aromatic rings. The average molecular weight is 229 g/mol. The predicted octanol–water partition coefficient (Wildman–Crippen LogP) is 1.97. The molecule has 0 bridgehead atoms. The normalized spacial score (nSPS) is 10.8. The van der Waals surface area contributed by atoms with Crippen molar-refractivity contribution in [2.75, 3.05) is 0 Å². The number of nitrogens with zero attached hydrogens (tertiary/aromatic N) is 3. The number of aromatic nitrogens is 3. The van der Waals surface area contributed by atoms with Gasteiger partial charge in [-0.15, -0.1) is 0 Å². The highest BCUT2D eigenvalue weighted by Gasteiger charge is 2.07. The van der Waals surface area contributed by atoms with E-state index in [1.807, 2.05) is 6.07 Å². The molecule has 0 aliphatic carbocycles. The summed E-state index contributed by atoms with van der Waals surface area (Å²) in [6, 6.07) is 3.59. The molecule has 2 rings (SSSR count). The molecule has 0 aliphatic rings. The van der Waals surface area contributed by atoms with E-state index in [4.69, 9.17) is 0 Å². The van der Waals surface area contributed by atoms with Crippen LogP contribution < -0.4 is 5.56 Å². The van der Waals surface area contributed by atoms with Crippen LogP contribution >= 0.6 is 0 Å². The summed E-state index contributed by atoms with van der Waals surface area (Å²) in [6.07, 6.45) is 5.11. The summed E-state index contributed by atoms with van der Waals surface area (Å²) in [4.78, 5) is 20.5. The first-order valence-electron chi connectivity index (χ1n) is 5.57. The van der Waals surface area contributed by atoms with Gasteiger partial charge < -0.3 is 4.57 Å². The van der Waals surface area contributed by atoms with Gasteiger partial charge in [0.15, 0.2) is 0 Å². The minimum atomic E-state index is -0.0564. The van der Waals surface area contributed by atoms with Crippen LogP contribution in [0.4, 0.5) is 0 Å². The molecule has 4 nitrogen and oxygen atoms in total. The van der Waals surface area contributed by atoms with Gasteiger partial charge in [0.2, 0.25) is 0 Å². The molecule has 0 aliphatic heterocycles. The van der Waals surface area contributed by atoms with Gasteiger partial charge in [-0.2, -0.15) is 0 Å². The van der Waals surface area contributed by atoms with E-state index in [1.54, 1.807) is 31.7 Å². The molecule has 0 atom stereocenters. The fourth-order valence-corrected chi connectivity index (χ4v) is 1.57. The van der Waals surface area contributed by atoms with Crippen LogP contribution in [0.2, 0.25) is 0 Å². The second-order valence-corrected chi connectivity index (χ2v) is 4.32. The molecular weight excluding hydrogens is 214 g/mol. The molecule has 0 saturated heterocycles. The second kappa shape index (κ2) is 4.49. The second-order valence-electron chi connectivity index (χ2n) is 4.32. The molecule has 0 aromatic carbocycles. The molecular formula is C13H15N3O. The van der Waals surface area contributed by atoms with E-state index in [2.05, 4.69) is 23.8 Å². The molecule has 0 spiro atoms. The van der Waals surface area contributed by atoms with Crippen LogP contribution in [0.3, 0.4) is 0 Å². The van der Waals surface area contributed by atoms with E-state index in [0.717, 1.165) is 5.69 Å². The molecule has 0 N–H and O–H groups in total. The van der Waals surface area contributed by atoms with Crippen LogP contribution in [0.25, 0.3) is 11.3 Å². The highest BCUT2D eigenvalue weighted by molar-refractivity contribution is 5.56. The number of pyridine rings is 1. The van der Waals surface area contributed by atoms with Gasteiger partial charge >= 0.3 is 0 Å². The third-order valence-electron chi connectivity index (χ3n) is 2.66. The van der Waals surface area contributed by atoms with Crippen LogP contribution in [-0.2, 0) is 7.05 Å². The summed E-state index contributed by atoms with van der Waals surface area (Å²) in [6.45, 7) is 4.12. The number of hydrogen-bond acceptors (Lipinski definition) is 3. The highest BCUT2D eigenvalue weighted by Crippen LogP contribution is 2.14. The smallest absolute Gasteiger partial charge is 0.259 e. The SMILES string of the molecule is CC(C)c1cnc(-c2cccn(C)c2=O)cn1. The van der Waals surface area contributed by atoms with Crippen molar-refractivity contribution in [3.05, 3.63) is 46.8 Å². The predicted molar refractivity (Wildman–Crippen MR) is 66.8 cm³/mol. The Morgan fingerprint density at radius 3 is 2.59 bits per heavy atom. The van der Waals surface area contributed by atoms with Crippen LogP contribution in [0.5, 0.6) is 0 Å². The van der Waals surface area contributed by atoms with Gasteiger partial charge in [-0.25, -0.2) is 0 Å². The molecule has 88 valence electrons. The largest absolute Gasteiger partial charge is 0.318 e. The summed E-state index contributed by atoms with van der Waals surface area (Å²) in [5, 5.41) is 0. The van der Waals surface area contributed by atoms with Crippen LogP contribution in [-0.4, -0.2) is 14.5 Å². The first-order chi connectivity index (χ1) is 8.09. The summed E-state index contributed by atoms with van der Waals surface area (Å²) >= 11 is 0. The van der Waals surface area contributed by atoms with Gasteiger partial charge in [-0.05, 0) is 18.1 Å². The van der Waals surface area contributed by atoms with Crippen molar-refractivity contribution >= 4 is 0 Å². The van der Waals surface area contributed by atoms with Gasteiger partial charge in [-0.1, -0.05) is 13.8 Å². The van der Waals surface area contributed by atoms with Crippen LogP contribution in [0.1, 0.15) is 25.5 Å². The average Bonchev–Trinajstić information content (AvgIpc) is 2.33. The van der Waals surface area contributed by atoms with Gasteiger partial charge in [-0.3, -0.25) is 14.8 Å². The van der Waals surface area contributed by atoms with E-state index in [-0.39, 0.29) is 5.56 Å². The number of rotatable bonds is 2. The first-order valence-corrected chi connectivity index (χ1v) is 5.57. The fourth-order valence-electron chi connectivity index (χ4n) is 1.57. The molecule has 2 heterocycles. The molecule has 0 amide bonds. The Hall–Kier alpha value is -1.97. The zero-order chi connectivity index (χ0) is 12.4. The van der Waals surface area contributed by atoms with E-state index in [0.29, 0.717) is 17.2 Å². The van der Waals surface area contributed by atoms with Gasteiger partial charge in [0.1, 0.15) is 0 Å².